The van der Waals surface area contributed by atoms with E-state index in [0.29, 0.717) is 5.92 Å². The van der Waals surface area contributed by atoms with Crippen LogP contribution in [0.5, 0.6) is 0 Å². The van der Waals surface area contributed by atoms with Crippen LogP contribution in [-0.4, -0.2) is 21.8 Å². The highest BCUT2D eigenvalue weighted by Gasteiger charge is 2.26. The Bertz CT molecular complexity index is 786. The maximum atomic E-state index is 4.71. The van der Waals surface area contributed by atoms with E-state index < -0.39 is 0 Å². The first-order valence-corrected chi connectivity index (χ1v) is 7.44. The van der Waals surface area contributed by atoms with Crippen molar-refractivity contribution < 1.29 is 0 Å². The van der Waals surface area contributed by atoms with Crippen LogP contribution in [0.3, 0.4) is 0 Å². The summed E-state index contributed by atoms with van der Waals surface area (Å²) < 4.78 is 1.92. The lowest BCUT2D eigenvalue weighted by atomic mass is 10.1. The number of benzene rings is 1. The molecule has 1 saturated carbocycles. The number of aromatic nitrogens is 3. The molecule has 0 atom stereocenters. The minimum atomic E-state index is 0.668. The molecule has 0 unspecified atom stereocenters. The zero-order valence-electron chi connectivity index (χ0n) is 12.1. The van der Waals surface area contributed by atoms with Gasteiger partial charge in [-0.3, -0.25) is 0 Å². The van der Waals surface area contributed by atoms with Gasteiger partial charge in [0.2, 0.25) is 0 Å². The Hall–Kier alpha value is -2.20. The van der Waals surface area contributed by atoms with Crippen molar-refractivity contribution in [1.29, 1.82) is 0 Å². The van der Waals surface area contributed by atoms with E-state index in [2.05, 4.69) is 40.6 Å². The molecular weight excluding hydrogens is 260 g/mol. The molecule has 2 aromatic heterocycles. The van der Waals surface area contributed by atoms with Crippen LogP contribution in [0.25, 0.3) is 16.6 Å². The van der Waals surface area contributed by atoms with Crippen LogP contribution in [-0.2, 0) is 6.54 Å². The van der Waals surface area contributed by atoms with E-state index >= 15 is 0 Å². The molecule has 0 aliphatic heterocycles. The first-order chi connectivity index (χ1) is 10.4. The third kappa shape index (κ3) is 2.21. The zero-order valence-corrected chi connectivity index (χ0v) is 12.1. The number of pyridine rings is 1. The van der Waals surface area contributed by atoms with Gasteiger partial charge in [-0.05, 0) is 36.9 Å². The molecule has 0 amide bonds. The maximum absolute atomic E-state index is 4.71. The summed E-state index contributed by atoms with van der Waals surface area (Å²) in [6.45, 7) is 0.820. The summed E-state index contributed by atoms with van der Waals surface area (Å²) >= 11 is 0. The van der Waals surface area contributed by atoms with Crippen molar-refractivity contribution in [3.8, 4) is 5.82 Å². The molecular formula is C17H18N4. The Morgan fingerprint density at radius 1 is 1.19 bits per heavy atom. The van der Waals surface area contributed by atoms with E-state index in [1.807, 2.05) is 24.1 Å². The molecule has 4 rings (SSSR count). The van der Waals surface area contributed by atoms with Crippen molar-refractivity contribution in [3.05, 3.63) is 54.0 Å². The molecule has 1 aliphatic carbocycles. The number of hydrogen-bond acceptors (Lipinski definition) is 3. The molecule has 2 heterocycles. The Kier molecular flexibility index (Phi) is 2.97. The van der Waals surface area contributed by atoms with Crippen LogP contribution >= 0.6 is 0 Å². The van der Waals surface area contributed by atoms with Crippen molar-refractivity contribution in [2.75, 3.05) is 7.05 Å². The largest absolute Gasteiger partial charge is 0.316 e. The molecule has 4 nitrogen and oxygen atoms in total. The summed E-state index contributed by atoms with van der Waals surface area (Å²) in [6, 6.07) is 10.5. The monoisotopic (exact) mass is 278 g/mol. The lowest BCUT2D eigenvalue weighted by Crippen LogP contribution is -2.08. The molecule has 1 aliphatic rings. The Balaban J connectivity index is 1.85. The lowest BCUT2D eigenvalue weighted by molar-refractivity contribution is 0.802. The van der Waals surface area contributed by atoms with Crippen molar-refractivity contribution in [2.45, 2.75) is 25.3 Å². The molecule has 1 N–H and O–H groups in total. The fourth-order valence-corrected chi connectivity index (χ4v) is 2.80. The van der Waals surface area contributed by atoms with Crippen LogP contribution in [0.4, 0.5) is 0 Å². The summed E-state index contributed by atoms with van der Waals surface area (Å²) in [5, 5.41) is 10.3. The van der Waals surface area contributed by atoms with Gasteiger partial charge in [-0.1, -0.05) is 24.3 Å². The predicted molar refractivity (Wildman–Crippen MR) is 83.6 cm³/mol. The summed E-state index contributed by atoms with van der Waals surface area (Å²) in [7, 11) is 1.96. The van der Waals surface area contributed by atoms with Crippen molar-refractivity contribution in [3.63, 3.8) is 0 Å². The van der Waals surface area contributed by atoms with E-state index in [9.17, 15) is 0 Å². The second-order valence-electron chi connectivity index (χ2n) is 5.64. The Labute approximate surface area is 123 Å². The summed E-state index contributed by atoms with van der Waals surface area (Å²) in [5.41, 5.74) is 2.41. The van der Waals surface area contributed by atoms with Crippen molar-refractivity contribution in [2.24, 2.45) is 0 Å². The SMILES string of the molecule is CNCc1cnc(-n2ccc(C3CC3)n2)c2ccccc12. The summed E-state index contributed by atoms with van der Waals surface area (Å²) in [5.74, 6) is 1.58. The molecule has 1 aromatic carbocycles. The van der Waals surface area contributed by atoms with E-state index in [0.717, 1.165) is 17.7 Å². The molecule has 4 heteroatoms. The fraction of sp³-hybridized carbons (Fsp3) is 0.294. The highest BCUT2D eigenvalue weighted by molar-refractivity contribution is 5.90. The number of nitrogens with zero attached hydrogens (tertiary/aromatic N) is 3. The van der Waals surface area contributed by atoms with E-state index in [-0.39, 0.29) is 0 Å². The van der Waals surface area contributed by atoms with Gasteiger partial charge in [0, 0.05) is 30.2 Å². The van der Waals surface area contributed by atoms with Gasteiger partial charge in [0.05, 0.1) is 5.69 Å². The molecule has 0 radical (unpaired) electrons. The average molecular weight is 278 g/mol. The molecule has 0 bridgehead atoms. The first-order valence-electron chi connectivity index (χ1n) is 7.44. The van der Waals surface area contributed by atoms with E-state index in [1.54, 1.807) is 0 Å². The molecule has 0 saturated heterocycles. The second kappa shape index (κ2) is 4.97. The van der Waals surface area contributed by atoms with Gasteiger partial charge in [0.1, 0.15) is 0 Å². The van der Waals surface area contributed by atoms with E-state index in [1.165, 1.54) is 29.5 Å². The van der Waals surface area contributed by atoms with Crippen LogP contribution in [0, 0.1) is 0 Å². The number of hydrogen-bond donors (Lipinski definition) is 1. The molecule has 3 aromatic rings. The van der Waals surface area contributed by atoms with Crippen LogP contribution < -0.4 is 5.32 Å². The molecule has 21 heavy (non-hydrogen) atoms. The van der Waals surface area contributed by atoms with Gasteiger partial charge in [-0.25, -0.2) is 9.67 Å². The third-order valence-electron chi connectivity index (χ3n) is 4.05. The van der Waals surface area contributed by atoms with Crippen LogP contribution in [0.15, 0.2) is 42.7 Å². The fourth-order valence-electron chi connectivity index (χ4n) is 2.80. The summed E-state index contributed by atoms with van der Waals surface area (Å²) in [4.78, 5) is 4.65. The van der Waals surface area contributed by atoms with Crippen LogP contribution in [0.1, 0.15) is 30.0 Å². The Morgan fingerprint density at radius 3 is 2.76 bits per heavy atom. The quantitative estimate of drug-likeness (QED) is 0.797. The minimum absolute atomic E-state index is 0.668. The number of nitrogens with one attached hydrogen (secondary N) is 1. The highest BCUT2D eigenvalue weighted by atomic mass is 15.3. The normalized spacial score (nSPS) is 14.7. The highest BCUT2D eigenvalue weighted by Crippen LogP contribution is 2.39. The van der Waals surface area contributed by atoms with Gasteiger partial charge in [-0.15, -0.1) is 0 Å². The number of fused-ring (bicyclic) bond motifs is 1. The van der Waals surface area contributed by atoms with Crippen molar-refractivity contribution >= 4 is 10.8 Å². The minimum Gasteiger partial charge on any atom is -0.316 e. The van der Waals surface area contributed by atoms with E-state index in [4.69, 9.17) is 5.10 Å². The van der Waals surface area contributed by atoms with Gasteiger partial charge >= 0.3 is 0 Å². The maximum Gasteiger partial charge on any atom is 0.161 e. The smallest absolute Gasteiger partial charge is 0.161 e. The Morgan fingerprint density at radius 2 is 2.00 bits per heavy atom. The van der Waals surface area contributed by atoms with Crippen LogP contribution in [0.2, 0.25) is 0 Å². The number of rotatable bonds is 4. The van der Waals surface area contributed by atoms with Gasteiger partial charge in [-0.2, -0.15) is 5.10 Å². The molecule has 106 valence electrons. The van der Waals surface area contributed by atoms with Crippen molar-refractivity contribution in [1.82, 2.24) is 20.1 Å². The topological polar surface area (TPSA) is 42.7 Å². The van der Waals surface area contributed by atoms with Gasteiger partial charge < -0.3 is 5.32 Å². The lowest BCUT2D eigenvalue weighted by Gasteiger charge is -2.10. The molecule has 1 fully saturated rings. The van der Waals surface area contributed by atoms with Gasteiger partial charge in [0.15, 0.2) is 5.82 Å². The second-order valence-corrected chi connectivity index (χ2v) is 5.64. The standard InChI is InChI=1S/C17H18N4/c1-18-10-13-11-19-17(15-5-3-2-4-14(13)15)21-9-8-16(20-21)12-6-7-12/h2-5,8-9,11-12,18H,6-7,10H2,1H3. The zero-order chi connectivity index (χ0) is 14.2. The first kappa shape index (κ1) is 12.5. The summed E-state index contributed by atoms with van der Waals surface area (Å²) in [6.07, 6.45) is 6.52. The van der Waals surface area contributed by atoms with Gasteiger partial charge in [0.25, 0.3) is 0 Å². The average Bonchev–Trinajstić information content (AvgIpc) is 3.26. The predicted octanol–water partition coefficient (Wildman–Crippen LogP) is 3.02. The molecule has 0 spiro atoms. The third-order valence-corrected chi connectivity index (χ3v) is 4.05.